The quantitative estimate of drug-likeness (QED) is 0.396. The fourth-order valence-electron chi connectivity index (χ4n) is 3.28. The molecule has 1 aromatic heterocycles. The van der Waals surface area contributed by atoms with Crippen LogP contribution in [0.4, 0.5) is 14.9 Å². The van der Waals surface area contributed by atoms with Gasteiger partial charge < -0.3 is 20.3 Å². The Balaban J connectivity index is 1.51. The summed E-state index contributed by atoms with van der Waals surface area (Å²) < 4.78 is 14.6. The van der Waals surface area contributed by atoms with E-state index in [1.54, 1.807) is 35.0 Å². The largest absolute Gasteiger partial charge is 0.478 e. The van der Waals surface area contributed by atoms with Crippen molar-refractivity contribution in [2.45, 2.75) is 0 Å². The van der Waals surface area contributed by atoms with Crippen LogP contribution in [0.2, 0.25) is 0 Å². The number of hydrogen-bond donors (Lipinski definition) is 3. The lowest BCUT2D eigenvalue weighted by atomic mass is 10.2. The smallest absolute Gasteiger partial charge is 0.335 e. The summed E-state index contributed by atoms with van der Waals surface area (Å²) in [6.45, 7) is -0.527. The van der Waals surface area contributed by atoms with Crippen molar-refractivity contribution in [1.82, 2.24) is 14.8 Å². The van der Waals surface area contributed by atoms with Crippen molar-refractivity contribution in [2.24, 2.45) is 0 Å². The third-order valence-corrected chi connectivity index (χ3v) is 4.84. The zero-order chi connectivity index (χ0) is 23.5. The van der Waals surface area contributed by atoms with Crippen LogP contribution in [0, 0.1) is 5.82 Å². The molecule has 3 aromatic rings. The Hall–Kier alpha value is -4.73. The van der Waals surface area contributed by atoms with E-state index >= 15 is 0 Å². The first-order valence-corrected chi connectivity index (χ1v) is 9.73. The summed E-state index contributed by atoms with van der Waals surface area (Å²) in [7, 11) is 0. The van der Waals surface area contributed by atoms with Crippen molar-refractivity contribution in [2.75, 3.05) is 11.9 Å². The van der Waals surface area contributed by atoms with Gasteiger partial charge in [-0.2, -0.15) is 0 Å². The van der Waals surface area contributed by atoms with Gasteiger partial charge in [-0.05, 0) is 60.7 Å². The molecular formula is C23H17FN4O5. The number of carbonyl (C=O) groups is 4. The summed E-state index contributed by atoms with van der Waals surface area (Å²) in [5.41, 5.74) is 1.45. The number of anilines is 1. The van der Waals surface area contributed by atoms with Crippen LogP contribution >= 0.6 is 0 Å². The Bertz CT molecular complexity index is 1300. The van der Waals surface area contributed by atoms with Crippen LogP contribution < -0.4 is 10.6 Å². The Labute approximate surface area is 186 Å². The van der Waals surface area contributed by atoms with Crippen LogP contribution in [0.3, 0.4) is 0 Å². The van der Waals surface area contributed by atoms with E-state index in [0.717, 1.165) is 4.90 Å². The van der Waals surface area contributed by atoms with Gasteiger partial charge in [0.2, 0.25) is 5.91 Å². The number of benzene rings is 2. The highest BCUT2D eigenvalue weighted by atomic mass is 19.1. The summed E-state index contributed by atoms with van der Waals surface area (Å²) in [5.74, 6) is -2.85. The van der Waals surface area contributed by atoms with Crippen LogP contribution in [-0.4, -0.2) is 44.9 Å². The molecule has 0 atom stereocenters. The number of carboxylic acids is 1. The molecule has 2 aromatic carbocycles. The zero-order valence-corrected chi connectivity index (χ0v) is 17.0. The third-order valence-electron chi connectivity index (χ3n) is 4.84. The summed E-state index contributed by atoms with van der Waals surface area (Å²) in [6.07, 6.45) is 3.12. The highest BCUT2D eigenvalue weighted by molar-refractivity contribution is 6.15. The Morgan fingerprint density at radius 3 is 2.55 bits per heavy atom. The predicted octanol–water partition coefficient (Wildman–Crippen LogP) is 2.85. The van der Waals surface area contributed by atoms with E-state index in [2.05, 4.69) is 10.6 Å². The second kappa shape index (κ2) is 8.79. The predicted molar refractivity (Wildman–Crippen MR) is 116 cm³/mol. The number of halogens is 1. The van der Waals surface area contributed by atoms with Gasteiger partial charge in [-0.15, -0.1) is 0 Å². The van der Waals surface area contributed by atoms with Crippen molar-refractivity contribution in [3.05, 3.63) is 89.6 Å². The minimum atomic E-state index is -1.07. The molecule has 0 spiro atoms. The molecule has 10 heteroatoms. The van der Waals surface area contributed by atoms with Crippen LogP contribution in [0.1, 0.15) is 16.1 Å². The number of rotatable bonds is 6. The summed E-state index contributed by atoms with van der Waals surface area (Å²) >= 11 is 0. The van der Waals surface area contributed by atoms with E-state index in [4.69, 9.17) is 0 Å². The van der Waals surface area contributed by atoms with Gasteiger partial charge in [-0.25, -0.2) is 18.9 Å². The van der Waals surface area contributed by atoms with Gasteiger partial charge in [-0.3, -0.25) is 9.59 Å². The average Bonchev–Trinajstić information content (AvgIpc) is 3.35. The number of nitrogens with one attached hydrogen (secondary N) is 2. The van der Waals surface area contributed by atoms with Crippen molar-refractivity contribution in [3.8, 4) is 5.69 Å². The summed E-state index contributed by atoms with van der Waals surface area (Å²) in [4.78, 5) is 49.3. The number of carbonyl (C=O) groups excluding carboxylic acids is 3. The molecule has 0 saturated carbocycles. The lowest BCUT2D eigenvalue weighted by molar-refractivity contribution is -0.127. The molecule has 2 heterocycles. The molecule has 33 heavy (non-hydrogen) atoms. The number of aromatic nitrogens is 1. The van der Waals surface area contributed by atoms with Gasteiger partial charge in [-0.1, -0.05) is 6.07 Å². The Morgan fingerprint density at radius 2 is 1.82 bits per heavy atom. The number of carboxylic acid groups (broad SMARTS) is 1. The molecule has 0 aliphatic carbocycles. The molecule has 1 saturated heterocycles. The number of amides is 4. The standard InChI is InChI=1S/C23H17FN4O5/c24-15-6-8-16(9-7-15)25-20(29)13-28-21(30)19(26-23(28)33)12-18-5-2-10-27(18)17-4-1-3-14(11-17)22(31)32/h1-12H,13H2,(H,25,29)(H,26,33)(H,31,32). The fraction of sp³-hybridized carbons (Fsp3) is 0.0435. The Morgan fingerprint density at radius 1 is 1.06 bits per heavy atom. The van der Waals surface area contributed by atoms with E-state index in [1.807, 2.05) is 0 Å². The first-order chi connectivity index (χ1) is 15.8. The lowest BCUT2D eigenvalue weighted by Gasteiger charge is -2.12. The average molecular weight is 448 g/mol. The SMILES string of the molecule is O=C(CN1C(=O)NC(=Cc2cccn2-c2cccc(C(=O)O)c2)C1=O)Nc1ccc(F)cc1. The van der Waals surface area contributed by atoms with Crippen molar-refractivity contribution in [3.63, 3.8) is 0 Å². The van der Waals surface area contributed by atoms with Crippen LogP contribution in [0.25, 0.3) is 11.8 Å². The van der Waals surface area contributed by atoms with Crippen molar-refractivity contribution in [1.29, 1.82) is 0 Å². The molecule has 3 N–H and O–H groups in total. The summed E-state index contributed by atoms with van der Waals surface area (Å²) in [5, 5.41) is 14.1. The number of aromatic carboxylic acids is 1. The maximum absolute atomic E-state index is 13.0. The molecule has 4 amide bonds. The second-order valence-electron chi connectivity index (χ2n) is 7.09. The highest BCUT2D eigenvalue weighted by Crippen LogP contribution is 2.19. The lowest BCUT2D eigenvalue weighted by Crippen LogP contribution is -2.38. The van der Waals surface area contributed by atoms with Gasteiger partial charge >= 0.3 is 12.0 Å². The maximum atomic E-state index is 13.0. The van der Waals surface area contributed by atoms with E-state index in [-0.39, 0.29) is 11.3 Å². The molecule has 4 rings (SSSR count). The minimum absolute atomic E-state index is 0.0380. The first-order valence-electron chi connectivity index (χ1n) is 9.73. The molecule has 9 nitrogen and oxygen atoms in total. The Kier molecular flexibility index (Phi) is 5.73. The third kappa shape index (κ3) is 4.64. The van der Waals surface area contributed by atoms with Crippen LogP contribution in [-0.2, 0) is 9.59 Å². The highest BCUT2D eigenvalue weighted by Gasteiger charge is 2.35. The first kappa shape index (κ1) is 21.5. The van der Waals surface area contributed by atoms with E-state index < -0.39 is 36.2 Å². The summed E-state index contributed by atoms with van der Waals surface area (Å²) in [6, 6.07) is 13.9. The maximum Gasteiger partial charge on any atom is 0.335 e. The minimum Gasteiger partial charge on any atom is -0.478 e. The van der Waals surface area contributed by atoms with Crippen LogP contribution in [0.15, 0.2) is 72.6 Å². The molecular weight excluding hydrogens is 431 g/mol. The monoisotopic (exact) mass is 448 g/mol. The second-order valence-corrected chi connectivity index (χ2v) is 7.09. The van der Waals surface area contributed by atoms with Gasteiger partial charge in [0.1, 0.15) is 18.1 Å². The van der Waals surface area contributed by atoms with Crippen molar-refractivity contribution < 1.29 is 28.7 Å². The van der Waals surface area contributed by atoms with Gasteiger partial charge in [0.25, 0.3) is 5.91 Å². The van der Waals surface area contributed by atoms with E-state index in [1.165, 1.54) is 42.5 Å². The number of nitrogens with zero attached hydrogens (tertiary/aromatic N) is 2. The number of imide groups is 1. The van der Waals surface area contributed by atoms with Crippen LogP contribution in [0.5, 0.6) is 0 Å². The molecule has 1 aliphatic heterocycles. The normalized spacial score (nSPS) is 14.5. The van der Waals surface area contributed by atoms with E-state index in [0.29, 0.717) is 17.1 Å². The van der Waals surface area contributed by atoms with E-state index in [9.17, 15) is 28.7 Å². The molecule has 0 bridgehead atoms. The molecule has 0 unspecified atom stereocenters. The molecule has 1 aliphatic rings. The molecule has 1 fully saturated rings. The zero-order valence-electron chi connectivity index (χ0n) is 17.0. The molecule has 166 valence electrons. The topological polar surface area (TPSA) is 121 Å². The number of urea groups is 1. The van der Waals surface area contributed by atoms with Gasteiger partial charge in [0.05, 0.1) is 5.56 Å². The van der Waals surface area contributed by atoms with Crippen molar-refractivity contribution >= 4 is 35.6 Å². The fourth-order valence-corrected chi connectivity index (χ4v) is 3.28. The van der Waals surface area contributed by atoms with Gasteiger partial charge in [0.15, 0.2) is 0 Å². The molecule has 0 radical (unpaired) electrons. The number of hydrogen-bond acceptors (Lipinski definition) is 4. The van der Waals surface area contributed by atoms with Gasteiger partial charge in [0, 0.05) is 23.3 Å².